The van der Waals surface area contributed by atoms with Gasteiger partial charge in [0, 0.05) is 19.3 Å². The van der Waals surface area contributed by atoms with Crippen molar-refractivity contribution < 1.29 is 28.6 Å². The number of allylic oxidation sites excluding steroid dienone is 4. The molecule has 1 atom stereocenters. The van der Waals surface area contributed by atoms with E-state index in [1.807, 2.05) is 0 Å². The molecule has 0 spiro atoms. The normalized spacial score (nSPS) is 12.1. The van der Waals surface area contributed by atoms with E-state index in [1.54, 1.807) is 0 Å². The fourth-order valence-electron chi connectivity index (χ4n) is 9.44. The van der Waals surface area contributed by atoms with Crippen LogP contribution in [0.3, 0.4) is 0 Å². The van der Waals surface area contributed by atoms with E-state index in [-0.39, 0.29) is 31.1 Å². The van der Waals surface area contributed by atoms with Gasteiger partial charge in [0.15, 0.2) is 6.10 Å². The van der Waals surface area contributed by atoms with Crippen LogP contribution >= 0.6 is 0 Å². The second-order valence-corrected chi connectivity index (χ2v) is 21.3. The van der Waals surface area contributed by atoms with Gasteiger partial charge in [-0.3, -0.25) is 14.4 Å². The van der Waals surface area contributed by atoms with Gasteiger partial charge in [-0.2, -0.15) is 0 Å². The van der Waals surface area contributed by atoms with Gasteiger partial charge >= 0.3 is 17.9 Å². The third-order valence-corrected chi connectivity index (χ3v) is 14.2. The lowest BCUT2D eigenvalue weighted by atomic mass is 10.0. The Morgan fingerprint density at radius 2 is 0.471 bits per heavy atom. The molecule has 1 unspecified atom stereocenters. The highest BCUT2D eigenvalue weighted by atomic mass is 16.6. The number of rotatable bonds is 58. The molecule has 0 aliphatic carbocycles. The summed E-state index contributed by atoms with van der Waals surface area (Å²) in [6, 6.07) is 0. The predicted molar refractivity (Wildman–Crippen MR) is 303 cm³/mol. The molecule has 0 aliphatic rings. The molecule has 0 saturated carbocycles. The molecule has 0 bridgehead atoms. The Kier molecular flexibility index (Phi) is 57.7. The second kappa shape index (κ2) is 59.5. The van der Waals surface area contributed by atoms with E-state index in [2.05, 4.69) is 45.1 Å². The number of esters is 3. The Hall–Kier alpha value is -2.11. The highest BCUT2D eigenvalue weighted by Gasteiger charge is 2.19. The Labute approximate surface area is 436 Å². The molecule has 412 valence electrons. The molecule has 0 saturated heterocycles. The minimum atomic E-state index is -0.776. The maximum absolute atomic E-state index is 12.9. The summed E-state index contributed by atoms with van der Waals surface area (Å²) < 4.78 is 16.9. The van der Waals surface area contributed by atoms with Crippen molar-refractivity contribution in [1.29, 1.82) is 0 Å². The maximum Gasteiger partial charge on any atom is 0.306 e. The molecular weight excluding hydrogens is 865 g/mol. The first-order chi connectivity index (χ1) is 34.5. The first kappa shape index (κ1) is 67.9. The summed E-state index contributed by atoms with van der Waals surface area (Å²) >= 11 is 0. The van der Waals surface area contributed by atoms with E-state index in [0.717, 1.165) is 70.6 Å². The third-order valence-electron chi connectivity index (χ3n) is 14.2. The van der Waals surface area contributed by atoms with Crippen LogP contribution in [-0.2, 0) is 28.6 Å². The summed E-state index contributed by atoms with van der Waals surface area (Å²) in [5.74, 6) is -0.868. The smallest absolute Gasteiger partial charge is 0.306 e. The van der Waals surface area contributed by atoms with Crippen molar-refractivity contribution in [2.24, 2.45) is 0 Å². The SMILES string of the molecule is CCCCCC/C=C\CCCCCCCC(=O)OCC(COC(=O)CCCCCCCCCCCCCCCCCCCCCCCCCC)OC(=O)CCCCCCC/C=C\CCCCCCCC. The lowest BCUT2D eigenvalue weighted by molar-refractivity contribution is -0.167. The van der Waals surface area contributed by atoms with E-state index in [9.17, 15) is 14.4 Å². The van der Waals surface area contributed by atoms with Gasteiger partial charge in [-0.05, 0) is 70.6 Å². The first-order valence-electron chi connectivity index (χ1n) is 31.3. The van der Waals surface area contributed by atoms with Gasteiger partial charge in [0.2, 0.25) is 0 Å². The fraction of sp³-hybridized carbons (Fsp3) is 0.891. The van der Waals surface area contributed by atoms with Crippen LogP contribution < -0.4 is 0 Å². The van der Waals surface area contributed by atoms with Gasteiger partial charge < -0.3 is 14.2 Å². The molecule has 0 aromatic rings. The fourth-order valence-corrected chi connectivity index (χ4v) is 9.44. The van der Waals surface area contributed by atoms with Crippen LogP contribution in [0.4, 0.5) is 0 Å². The summed E-state index contributed by atoms with van der Waals surface area (Å²) in [6.45, 7) is 6.66. The van der Waals surface area contributed by atoms with Gasteiger partial charge in [-0.15, -0.1) is 0 Å². The van der Waals surface area contributed by atoms with Crippen LogP contribution in [0.1, 0.15) is 348 Å². The number of hydrogen-bond acceptors (Lipinski definition) is 6. The van der Waals surface area contributed by atoms with Gasteiger partial charge in [-0.25, -0.2) is 0 Å². The highest BCUT2D eigenvalue weighted by molar-refractivity contribution is 5.71. The lowest BCUT2D eigenvalue weighted by Gasteiger charge is -2.18. The maximum atomic E-state index is 12.9. The third kappa shape index (κ3) is 56.8. The number of carbonyl (C=O) groups excluding carboxylic acids is 3. The standard InChI is InChI=1S/C64H120O6/c1-4-7-10-13-16-19-22-25-27-28-29-30-31-32-33-34-35-37-39-42-45-48-51-54-57-63(66)69-60-61(59-68-62(65)56-53-50-47-44-41-38-24-21-18-15-12-9-6-3)70-64(67)58-55-52-49-46-43-40-36-26-23-20-17-14-11-8-5-2/h21,24,26,36,61H,4-20,22-23,25,27-35,37-60H2,1-3H3/b24-21-,36-26-. The van der Waals surface area contributed by atoms with Crippen molar-refractivity contribution in [3.05, 3.63) is 24.3 Å². The zero-order chi connectivity index (χ0) is 50.7. The number of ether oxygens (including phenoxy) is 3. The van der Waals surface area contributed by atoms with Crippen LogP contribution in [-0.4, -0.2) is 37.2 Å². The highest BCUT2D eigenvalue weighted by Crippen LogP contribution is 2.17. The van der Waals surface area contributed by atoms with Gasteiger partial charge in [-0.1, -0.05) is 283 Å². The minimum absolute atomic E-state index is 0.0726. The monoisotopic (exact) mass is 985 g/mol. The molecule has 0 amide bonds. The largest absolute Gasteiger partial charge is 0.462 e. The molecule has 0 N–H and O–H groups in total. The molecular formula is C64H120O6. The molecule has 0 aromatic heterocycles. The van der Waals surface area contributed by atoms with Crippen LogP contribution in [0, 0.1) is 0 Å². The molecule has 0 fully saturated rings. The molecule has 0 rings (SSSR count). The molecule has 70 heavy (non-hydrogen) atoms. The van der Waals surface area contributed by atoms with Crippen molar-refractivity contribution in [2.75, 3.05) is 13.2 Å². The Bertz CT molecular complexity index is 1130. The number of hydrogen-bond donors (Lipinski definition) is 0. The zero-order valence-corrected chi connectivity index (χ0v) is 47.3. The topological polar surface area (TPSA) is 78.9 Å². The van der Waals surface area contributed by atoms with Gasteiger partial charge in [0.05, 0.1) is 0 Å². The van der Waals surface area contributed by atoms with Gasteiger partial charge in [0.25, 0.3) is 0 Å². The summed E-state index contributed by atoms with van der Waals surface area (Å²) in [4.78, 5) is 38.2. The molecule has 6 nitrogen and oxygen atoms in total. The average molecular weight is 986 g/mol. The quantitative estimate of drug-likeness (QED) is 0.0261. The van der Waals surface area contributed by atoms with Crippen molar-refractivity contribution in [3.63, 3.8) is 0 Å². The summed E-state index contributed by atoms with van der Waals surface area (Å²) in [7, 11) is 0. The van der Waals surface area contributed by atoms with E-state index < -0.39 is 6.10 Å². The van der Waals surface area contributed by atoms with Crippen molar-refractivity contribution in [2.45, 2.75) is 354 Å². The molecule has 0 aliphatic heterocycles. The zero-order valence-electron chi connectivity index (χ0n) is 47.3. The van der Waals surface area contributed by atoms with E-state index >= 15 is 0 Å². The van der Waals surface area contributed by atoms with Gasteiger partial charge in [0.1, 0.15) is 13.2 Å². The minimum Gasteiger partial charge on any atom is -0.462 e. The van der Waals surface area contributed by atoms with E-state index in [4.69, 9.17) is 14.2 Å². The van der Waals surface area contributed by atoms with Crippen LogP contribution in [0.25, 0.3) is 0 Å². The van der Waals surface area contributed by atoms with Crippen LogP contribution in [0.5, 0.6) is 0 Å². The number of carbonyl (C=O) groups is 3. The molecule has 0 radical (unpaired) electrons. The Morgan fingerprint density at radius 1 is 0.271 bits per heavy atom. The molecule has 6 heteroatoms. The van der Waals surface area contributed by atoms with Crippen molar-refractivity contribution >= 4 is 17.9 Å². The average Bonchev–Trinajstić information content (AvgIpc) is 3.36. The van der Waals surface area contributed by atoms with E-state index in [1.165, 1.54) is 238 Å². The van der Waals surface area contributed by atoms with Crippen LogP contribution in [0.2, 0.25) is 0 Å². The number of unbranched alkanes of at least 4 members (excludes halogenated alkanes) is 43. The predicted octanol–water partition coefficient (Wildman–Crippen LogP) is 21.1. The summed E-state index contributed by atoms with van der Waals surface area (Å²) in [5.41, 5.74) is 0. The summed E-state index contributed by atoms with van der Waals surface area (Å²) in [5, 5.41) is 0. The molecule has 0 aromatic carbocycles. The van der Waals surface area contributed by atoms with Crippen molar-refractivity contribution in [1.82, 2.24) is 0 Å². The molecule has 0 heterocycles. The second-order valence-electron chi connectivity index (χ2n) is 21.3. The van der Waals surface area contributed by atoms with E-state index in [0.29, 0.717) is 19.3 Å². The Balaban J connectivity index is 4.23. The summed E-state index contributed by atoms with van der Waals surface area (Å²) in [6.07, 6.45) is 70.4. The Morgan fingerprint density at radius 3 is 0.729 bits per heavy atom. The first-order valence-corrected chi connectivity index (χ1v) is 31.3. The lowest BCUT2D eigenvalue weighted by Crippen LogP contribution is -2.30. The van der Waals surface area contributed by atoms with Crippen molar-refractivity contribution in [3.8, 4) is 0 Å². The van der Waals surface area contributed by atoms with Crippen LogP contribution in [0.15, 0.2) is 24.3 Å².